The molecule has 1 fully saturated rings. The Labute approximate surface area is 185 Å². The summed E-state index contributed by atoms with van der Waals surface area (Å²) in [6.45, 7) is 3.93. The SMILES string of the molecule is CCOc1nc(Nc2cccc(C(F)(F)F)c2)nc(OC2CCN(C)CC2)n1.Cl.Cl. The molecular formula is C18H24Cl2F3N5O2. The quantitative estimate of drug-likeness (QED) is 0.673. The Morgan fingerprint density at radius 1 is 1.10 bits per heavy atom. The van der Waals surface area contributed by atoms with Crippen LogP contribution in [0.25, 0.3) is 0 Å². The number of benzene rings is 1. The average molecular weight is 470 g/mol. The van der Waals surface area contributed by atoms with Crippen LogP contribution in [-0.2, 0) is 6.18 Å². The minimum absolute atomic E-state index is 0. The molecule has 1 aromatic heterocycles. The van der Waals surface area contributed by atoms with Gasteiger partial charge in [0.2, 0.25) is 5.95 Å². The van der Waals surface area contributed by atoms with Crippen LogP contribution in [0.3, 0.4) is 0 Å². The van der Waals surface area contributed by atoms with Crippen LogP contribution >= 0.6 is 24.8 Å². The number of alkyl halides is 3. The maximum Gasteiger partial charge on any atom is 0.416 e. The van der Waals surface area contributed by atoms with Crippen molar-refractivity contribution in [3.8, 4) is 12.0 Å². The summed E-state index contributed by atoms with van der Waals surface area (Å²) < 4.78 is 49.9. The molecule has 0 unspecified atom stereocenters. The summed E-state index contributed by atoms with van der Waals surface area (Å²) in [5.41, 5.74) is -0.562. The van der Waals surface area contributed by atoms with Gasteiger partial charge < -0.3 is 19.7 Å². The van der Waals surface area contributed by atoms with E-state index in [1.807, 2.05) is 7.05 Å². The summed E-state index contributed by atoms with van der Waals surface area (Å²) >= 11 is 0. The molecule has 0 amide bonds. The van der Waals surface area contributed by atoms with Gasteiger partial charge in [-0.2, -0.15) is 23.1 Å². The molecule has 0 saturated carbocycles. The molecule has 1 aromatic carbocycles. The summed E-state index contributed by atoms with van der Waals surface area (Å²) in [7, 11) is 2.05. The summed E-state index contributed by atoms with van der Waals surface area (Å²) in [6, 6.07) is 4.93. The van der Waals surface area contributed by atoms with Gasteiger partial charge in [0.1, 0.15) is 6.10 Å². The van der Waals surface area contributed by atoms with Gasteiger partial charge >= 0.3 is 18.2 Å². The molecule has 0 aliphatic carbocycles. The van der Waals surface area contributed by atoms with E-state index in [4.69, 9.17) is 9.47 Å². The Bertz CT molecular complexity index is 806. The van der Waals surface area contributed by atoms with Crippen molar-refractivity contribution in [3.63, 3.8) is 0 Å². The van der Waals surface area contributed by atoms with Gasteiger partial charge in [0, 0.05) is 18.8 Å². The predicted octanol–water partition coefficient (Wildman–Crippen LogP) is 4.35. The Morgan fingerprint density at radius 2 is 1.77 bits per heavy atom. The van der Waals surface area contributed by atoms with Crippen LogP contribution < -0.4 is 14.8 Å². The second-order valence-electron chi connectivity index (χ2n) is 6.48. The zero-order valence-electron chi connectivity index (χ0n) is 16.5. The van der Waals surface area contributed by atoms with Gasteiger partial charge in [0.25, 0.3) is 0 Å². The van der Waals surface area contributed by atoms with E-state index in [1.54, 1.807) is 6.92 Å². The van der Waals surface area contributed by atoms with Crippen molar-refractivity contribution in [1.29, 1.82) is 0 Å². The van der Waals surface area contributed by atoms with Crippen LogP contribution in [0.1, 0.15) is 25.3 Å². The maximum atomic E-state index is 12.9. The average Bonchev–Trinajstić information content (AvgIpc) is 2.63. The molecule has 1 N–H and O–H groups in total. The molecule has 2 heterocycles. The van der Waals surface area contributed by atoms with Gasteiger partial charge in [-0.05, 0) is 45.0 Å². The number of piperidine rings is 1. The van der Waals surface area contributed by atoms with Crippen LogP contribution in [0.4, 0.5) is 24.8 Å². The van der Waals surface area contributed by atoms with Crippen LogP contribution in [0.15, 0.2) is 24.3 Å². The van der Waals surface area contributed by atoms with Crippen molar-refractivity contribution >= 4 is 36.4 Å². The maximum absolute atomic E-state index is 12.9. The van der Waals surface area contributed by atoms with Gasteiger partial charge in [0.05, 0.1) is 12.2 Å². The first-order valence-corrected chi connectivity index (χ1v) is 9.02. The zero-order chi connectivity index (χ0) is 20.1. The highest BCUT2D eigenvalue weighted by Gasteiger charge is 2.30. The van der Waals surface area contributed by atoms with Crippen LogP contribution in [0.2, 0.25) is 0 Å². The minimum atomic E-state index is -4.43. The first kappa shape index (κ1) is 26.0. The third kappa shape index (κ3) is 7.33. The van der Waals surface area contributed by atoms with Crippen molar-refractivity contribution in [2.75, 3.05) is 32.1 Å². The molecule has 12 heteroatoms. The third-order valence-electron chi connectivity index (χ3n) is 4.25. The lowest BCUT2D eigenvalue weighted by atomic mass is 10.1. The normalized spacial score (nSPS) is 15.0. The highest BCUT2D eigenvalue weighted by molar-refractivity contribution is 5.85. The summed E-state index contributed by atoms with van der Waals surface area (Å²) in [6.07, 6.45) is -2.80. The lowest BCUT2D eigenvalue weighted by molar-refractivity contribution is -0.137. The first-order valence-electron chi connectivity index (χ1n) is 9.02. The Hall–Kier alpha value is -2.04. The third-order valence-corrected chi connectivity index (χ3v) is 4.25. The monoisotopic (exact) mass is 469 g/mol. The number of anilines is 2. The standard InChI is InChI=1S/C18H22F3N5O2.2ClH/c1-3-27-16-23-15(22-13-6-4-5-12(11-13)18(19,20)21)24-17(25-16)28-14-7-9-26(2)10-8-14;;/h4-6,11,14H,3,7-10H2,1-2H3,(H,22,23,24,25);2*1H. The number of ether oxygens (including phenoxy) is 2. The van der Waals surface area contributed by atoms with E-state index in [-0.39, 0.29) is 54.6 Å². The van der Waals surface area contributed by atoms with Crippen molar-refractivity contribution in [1.82, 2.24) is 19.9 Å². The fourth-order valence-electron chi connectivity index (χ4n) is 2.79. The number of likely N-dealkylation sites (tertiary alicyclic amines) is 1. The molecule has 0 bridgehead atoms. The van der Waals surface area contributed by atoms with Gasteiger partial charge in [0.15, 0.2) is 0 Å². The molecule has 3 rings (SSSR count). The van der Waals surface area contributed by atoms with Crippen molar-refractivity contribution in [3.05, 3.63) is 29.8 Å². The van der Waals surface area contributed by atoms with Crippen molar-refractivity contribution in [2.24, 2.45) is 0 Å². The number of halogens is 5. The number of nitrogens with zero attached hydrogens (tertiary/aromatic N) is 4. The Kier molecular flexibility index (Phi) is 9.86. The fourth-order valence-corrected chi connectivity index (χ4v) is 2.79. The lowest BCUT2D eigenvalue weighted by Crippen LogP contribution is -2.36. The van der Waals surface area contributed by atoms with E-state index in [1.165, 1.54) is 12.1 Å². The molecule has 0 radical (unpaired) electrons. The predicted molar refractivity (Wildman–Crippen MR) is 111 cm³/mol. The molecule has 1 aliphatic heterocycles. The Morgan fingerprint density at radius 3 is 2.40 bits per heavy atom. The second kappa shape index (κ2) is 11.4. The summed E-state index contributed by atoms with van der Waals surface area (Å²) in [5, 5.41) is 2.77. The molecule has 1 saturated heterocycles. The van der Waals surface area contributed by atoms with Gasteiger partial charge in [-0.15, -0.1) is 29.8 Å². The highest BCUT2D eigenvalue weighted by Crippen LogP contribution is 2.31. The topological polar surface area (TPSA) is 72.4 Å². The van der Waals surface area contributed by atoms with Gasteiger partial charge in [-0.25, -0.2) is 0 Å². The number of hydrogen-bond acceptors (Lipinski definition) is 7. The highest BCUT2D eigenvalue weighted by atomic mass is 35.5. The molecule has 1 aliphatic rings. The molecule has 7 nitrogen and oxygen atoms in total. The number of aromatic nitrogens is 3. The number of rotatable bonds is 6. The van der Waals surface area contributed by atoms with E-state index in [2.05, 4.69) is 25.2 Å². The number of nitrogens with one attached hydrogen (secondary N) is 1. The van der Waals surface area contributed by atoms with Crippen LogP contribution in [-0.4, -0.2) is 52.7 Å². The first-order chi connectivity index (χ1) is 13.3. The fraction of sp³-hybridized carbons (Fsp3) is 0.500. The summed E-state index contributed by atoms with van der Waals surface area (Å²) in [5.74, 6) is 0.0562. The molecule has 30 heavy (non-hydrogen) atoms. The summed E-state index contributed by atoms with van der Waals surface area (Å²) in [4.78, 5) is 14.6. The lowest BCUT2D eigenvalue weighted by Gasteiger charge is -2.28. The van der Waals surface area contributed by atoms with Crippen LogP contribution in [0, 0.1) is 0 Å². The van der Waals surface area contributed by atoms with Gasteiger partial charge in [-0.3, -0.25) is 0 Å². The van der Waals surface area contributed by atoms with E-state index in [0.717, 1.165) is 38.1 Å². The molecule has 168 valence electrons. The second-order valence-corrected chi connectivity index (χ2v) is 6.48. The van der Waals surface area contributed by atoms with Crippen molar-refractivity contribution < 1.29 is 22.6 Å². The van der Waals surface area contributed by atoms with Crippen LogP contribution in [0.5, 0.6) is 12.0 Å². The van der Waals surface area contributed by atoms with Crippen molar-refractivity contribution in [2.45, 2.75) is 32.0 Å². The van der Waals surface area contributed by atoms with E-state index >= 15 is 0 Å². The molecule has 2 aromatic rings. The Balaban J connectivity index is 0.00000225. The smallest absolute Gasteiger partial charge is 0.416 e. The van der Waals surface area contributed by atoms with Gasteiger partial charge in [-0.1, -0.05) is 6.07 Å². The van der Waals surface area contributed by atoms with E-state index in [9.17, 15) is 13.2 Å². The molecular weight excluding hydrogens is 446 g/mol. The molecule has 0 spiro atoms. The minimum Gasteiger partial charge on any atom is -0.464 e. The molecule has 0 atom stereocenters. The van der Waals surface area contributed by atoms with E-state index in [0.29, 0.717) is 6.61 Å². The van der Waals surface area contributed by atoms with E-state index < -0.39 is 11.7 Å². The number of hydrogen-bond donors (Lipinski definition) is 1. The largest absolute Gasteiger partial charge is 0.464 e. The zero-order valence-corrected chi connectivity index (χ0v) is 18.1.